The van der Waals surface area contributed by atoms with Crippen LogP contribution >= 0.6 is 0 Å². The van der Waals surface area contributed by atoms with Crippen LogP contribution in [0.4, 0.5) is 11.4 Å². The Morgan fingerprint density at radius 1 is 1.13 bits per heavy atom. The molecule has 10 heteroatoms. The number of anilines is 2. The Labute approximate surface area is 180 Å². The Kier molecular flexibility index (Phi) is 7.03. The number of esters is 1. The molecule has 0 bridgehead atoms. The van der Waals surface area contributed by atoms with Gasteiger partial charge in [-0.1, -0.05) is 24.3 Å². The highest BCUT2D eigenvalue weighted by atomic mass is 32.2. The van der Waals surface area contributed by atoms with Crippen LogP contribution in [0.2, 0.25) is 0 Å². The zero-order valence-corrected chi connectivity index (χ0v) is 17.7. The third kappa shape index (κ3) is 5.89. The second-order valence-corrected chi connectivity index (χ2v) is 8.73. The third-order valence-corrected chi connectivity index (χ3v) is 6.16. The SMILES string of the molecule is C[C@H](NS(=O)(=O)c1ccccc1)C(=O)OCC(=O)Nc1cccc(N2CCCC2=O)c1. The monoisotopic (exact) mass is 445 g/mol. The van der Waals surface area contributed by atoms with Crippen molar-refractivity contribution >= 4 is 39.2 Å². The first-order valence-corrected chi connectivity index (χ1v) is 11.2. The van der Waals surface area contributed by atoms with Crippen molar-refractivity contribution in [2.24, 2.45) is 0 Å². The summed E-state index contributed by atoms with van der Waals surface area (Å²) in [6.07, 6.45) is 1.29. The highest BCUT2D eigenvalue weighted by Gasteiger charge is 2.24. The van der Waals surface area contributed by atoms with Crippen LogP contribution < -0.4 is 14.9 Å². The van der Waals surface area contributed by atoms with Crippen LogP contribution in [0.15, 0.2) is 59.5 Å². The topological polar surface area (TPSA) is 122 Å². The molecule has 1 heterocycles. The molecule has 2 aromatic carbocycles. The summed E-state index contributed by atoms with van der Waals surface area (Å²) in [5, 5.41) is 2.60. The number of ether oxygens (including phenoxy) is 1. The molecule has 164 valence electrons. The summed E-state index contributed by atoms with van der Waals surface area (Å²) in [5.41, 5.74) is 1.14. The van der Waals surface area contributed by atoms with Gasteiger partial charge in [-0.05, 0) is 43.7 Å². The Hall–Kier alpha value is -3.24. The van der Waals surface area contributed by atoms with Gasteiger partial charge in [0.05, 0.1) is 4.90 Å². The fraction of sp³-hybridized carbons (Fsp3) is 0.286. The lowest BCUT2D eigenvalue weighted by atomic mass is 10.2. The number of rotatable bonds is 8. The summed E-state index contributed by atoms with van der Waals surface area (Å²) in [5.74, 6) is -1.44. The van der Waals surface area contributed by atoms with Crippen molar-refractivity contribution in [3.05, 3.63) is 54.6 Å². The average Bonchev–Trinajstić information content (AvgIpc) is 3.18. The van der Waals surface area contributed by atoms with E-state index in [0.717, 1.165) is 6.42 Å². The summed E-state index contributed by atoms with van der Waals surface area (Å²) in [4.78, 5) is 37.8. The highest BCUT2D eigenvalue weighted by molar-refractivity contribution is 7.89. The Bertz CT molecular complexity index is 1070. The van der Waals surface area contributed by atoms with E-state index in [4.69, 9.17) is 4.74 Å². The maximum Gasteiger partial charge on any atom is 0.324 e. The number of sulfonamides is 1. The highest BCUT2D eigenvalue weighted by Crippen LogP contribution is 2.24. The standard InChI is InChI=1S/C21H23N3O6S/c1-15(23-31(28,29)18-9-3-2-4-10-18)21(27)30-14-19(25)22-16-7-5-8-17(13-16)24-12-6-11-20(24)26/h2-5,7-10,13,15,23H,6,11-12,14H2,1H3,(H,22,25)/t15-/m0/s1. The van der Waals surface area contributed by atoms with Crippen LogP contribution in [0, 0.1) is 0 Å². The third-order valence-electron chi connectivity index (χ3n) is 4.60. The summed E-state index contributed by atoms with van der Waals surface area (Å²) in [6.45, 7) is 1.38. The largest absolute Gasteiger partial charge is 0.454 e. The van der Waals surface area contributed by atoms with Crippen molar-refractivity contribution in [1.82, 2.24) is 4.72 Å². The van der Waals surface area contributed by atoms with Gasteiger partial charge in [0.1, 0.15) is 6.04 Å². The van der Waals surface area contributed by atoms with E-state index < -0.39 is 34.5 Å². The van der Waals surface area contributed by atoms with Gasteiger partial charge >= 0.3 is 5.97 Å². The zero-order chi connectivity index (χ0) is 22.4. The number of carbonyl (C=O) groups is 3. The van der Waals surface area contributed by atoms with E-state index in [9.17, 15) is 22.8 Å². The van der Waals surface area contributed by atoms with Crippen molar-refractivity contribution < 1.29 is 27.5 Å². The van der Waals surface area contributed by atoms with Crippen molar-refractivity contribution in [1.29, 1.82) is 0 Å². The molecule has 0 aromatic heterocycles. The van der Waals surface area contributed by atoms with Gasteiger partial charge in [0, 0.05) is 24.3 Å². The Balaban J connectivity index is 1.51. The lowest BCUT2D eigenvalue weighted by Gasteiger charge is -2.17. The molecule has 3 rings (SSSR count). The van der Waals surface area contributed by atoms with Crippen LogP contribution in [0.3, 0.4) is 0 Å². The van der Waals surface area contributed by atoms with Gasteiger partial charge in [-0.15, -0.1) is 0 Å². The second-order valence-electron chi connectivity index (χ2n) is 7.01. The summed E-state index contributed by atoms with van der Waals surface area (Å²) >= 11 is 0. The normalized spacial score (nSPS) is 14.9. The first-order chi connectivity index (χ1) is 14.8. The van der Waals surface area contributed by atoms with E-state index >= 15 is 0 Å². The van der Waals surface area contributed by atoms with Crippen LogP contribution in [0.5, 0.6) is 0 Å². The molecule has 1 aliphatic heterocycles. The van der Waals surface area contributed by atoms with Gasteiger partial charge in [0.25, 0.3) is 5.91 Å². The number of benzene rings is 2. The van der Waals surface area contributed by atoms with Gasteiger partial charge in [-0.3, -0.25) is 14.4 Å². The smallest absolute Gasteiger partial charge is 0.324 e. The minimum atomic E-state index is -3.89. The summed E-state index contributed by atoms with van der Waals surface area (Å²) in [7, 11) is -3.89. The molecule has 0 spiro atoms. The molecule has 0 unspecified atom stereocenters. The molecule has 0 aliphatic carbocycles. The van der Waals surface area contributed by atoms with E-state index in [1.807, 2.05) is 0 Å². The zero-order valence-electron chi connectivity index (χ0n) is 16.9. The van der Waals surface area contributed by atoms with Gasteiger partial charge in [-0.25, -0.2) is 8.42 Å². The molecular formula is C21H23N3O6S. The number of hydrogen-bond acceptors (Lipinski definition) is 6. The van der Waals surface area contributed by atoms with Crippen LogP contribution in [-0.2, 0) is 29.1 Å². The average molecular weight is 445 g/mol. The minimum absolute atomic E-state index is 0.0174. The van der Waals surface area contributed by atoms with E-state index in [-0.39, 0.29) is 10.8 Å². The lowest BCUT2D eigenvalue weighted by Crippen LogP contribution is -2.40. The molecule has 2 N–H and O–H groups in total. The predicted octanol–water partition coefficient (Wildman–Crippen LogP) is 1.66. The van der Waals surface area contributed by atoms with Crippen molar-refractivity contribution in [2.75, 3.05) is 23.4 Å². The van der Waals surface area contributed by atoms with Crippen molar-refractivity contribution in [3.8, 4) is 0 Å². The Morgan fingerprint density at radius 3 is 2.55 bits per heavy atom. The number of carbonyl (C=O) groups excluding carboxylic acids is 3. The van der Waals surface area contributed by atoms with Crippen molar-refractivity contribution in [2.45, 2.75) is 30.7 Å². The van der Waals surface area contributed by atoms with E-state index in [2.05, 4.69) is 10.0 Å². The number of hydrogen-bond donors (Lipinski definition) is 2. The van der Waals surface area contributed by atoms with Crippen LogP contribution in [0.1, 0.15) is 19.8 Å². The molecule has 0 saturated carbocycles. The fourth-order valence-electron chi connectivity index (χ4n) is 3.08. The summed E-state index contributed by atoms with van der Waals surface area (Å²) in [6, 6.07) is 13.2. The van der Waals surface area contributed by atoms with E-state index in [1.54, 1.807) is 47.4 Å². The molecule has 1 saturated heterocycles. The van der Waals surface area contributed by atoms with Crippen LogP contribution in [-0.4, -0.2) is 45.4 Å². The van der Waals surface area contributed by atoms with Crippen LogP contribution in [0.25, 0.3) is 0 Å². The number of amides is 2. The molecule has 9 nitrogen and oxygen atoms in total. The molecular weight excluding hydrogens is 422 g/mol. The molecule has 1 aliphatic rings. The van der Waals surface area contributed by atoms with Gasteiger partial charge in [0.15, 0.2) is 6.61 Å². The summed E-state index contributed by atoms with van der Waals surface area (Å²) < 4.78 is 31.7. The quantitative estimate of drug-likeness (QED) is 0.596. The van der Waals surface area contributed by atoms with E-state index in [1.165, 1.54) is 19.1 Å². The molecule has 31 heavy (non-hydrogen) atoms. The molecule has 0 radical (unpaired) electrons. The first kappa shape index (κ1) is 22.4. The van der Waals surface area contributed by atoms with E-state index in [0.29, 0.717) is 24.3 Å². The molecule has 1 atom stereocenters. The minimum Gasteiger partial charge on any atom is -0.454 e. The number of nitrogens with one attached hydrogen (secondary N) is 2. The van der Waals surface area contributed by atoms with Gasteiger partial charge < -0.3 is 15.0 Å². The number of nitrogens with zero attached hydrogens (tertiary/aromatic N) is 1. The maximum atomic E-state index is 12.3. The first-order valence-electron chi connectivity index (χ1n) is 9.70. The molecule has 1 fully saturated rings. The second kappa shape index (κ2) is 9.71. The van der Waals surface area contributed by atoms with Crippen molar-refractivity contribution in [3.63, 3.8) is 0 Å². The van der Waals surface area contributed by atoms with Gasteiger partial charge in [0.2, 0.25) is 15.9 Å². The predicted molar refractivity (Wildman–Crippen MR) is 114 cm³/mol. The lowest BCUT2D eigenvalue weighted by molar-refractivity contribution is -0.148. The molecule has 2 aromatic rings. The maximum absolute atomic E-state index is 12.3. The fourth-order valence-corrected chi connectivity index (χ4v) is 4.29. The Morgan fingerprint density at radius 2 is 1.87 bits per heavy atom. The molecule has 2 amide bonds. The van der Waals surface area contributed by atoms with Gasteiger partial charge in [-0.2, -0.15) is 4.72 Å².